The van der Waals surface area contributed by atoms with E-state index in [0.717, 1.165) is 25.2 Å². The molecule has 0 saturated carbocycles. The molecule has 2 N–H and O–H groups in total. The van der Waals surface area contributed by atoms with Crippen molar-refractivity contribution in [3.05, 3.63) is 29.3 Å². The summed E-state index contributed by atoms with van der Waals surface area (Å²) in [5.74, 6) is -2.03. The van der Waals surface area contributed by atoms with Crippen LogP contribution in [0.3, 0.4) is 0 Å². The van der Waals surface area contributed by atoms with Crippen molar-refractivity contribution in [1.82, 2.24) is 15.3 Å². The third-order valence-electron chi connectivity index (χ3n) is 3.42. The molecule has 0 aliphatic carbocycles. The monoisotopic (exact) mass is 298 g/mol. The lowest BCUT2D eigenvalue weighted by atomic mass is 10.1. The smallest absolute Gasteiger partial charge is 0.265 e. The number of hydrogen-bond donors (Lipinski definition) is 2. The first-order valence-corrected chi connectivity index (χ1v) is 6.98. The summed E-state index contributed by atoms with van der Waals surface area (Å²) in [6.45, 7) is 5.18. The Morgan fingerprint density at radius 2 is 1.76 bits per heavy atom. The van der Waals surface area contributed by atoms with E-state index in [4.69, 9.17) is 0 Å². The minimum absolute atomic E-state index is 0.0226. The molecule has 1 amide bonds. The number of nitrogens with zero attached hydrogens (tertiary/aromatic N) is 2. The Morgan fingerprint density at radius 1 is 1.19 bits per heavy atom. The lowest BCUT2D eigenvalue weighted by molar-refractivity contribution is 0.0661. The highest BCUT2D eigenvalue weighted by Crippen LogP contribution is 2.20. The predicted octanol–water partition coefficient (Wildman–Crippen LogP) is 1.29. The first-order valence-electron chi connectivity index (χ1n) is 6.98. The van der Waals surface area contributed by atoms with Crippen LogP contribution < -0.4 is 10.7 Å². The van der Waals surface area contributed by atoms with E-state index in [1.807, 2.05) is 7.05 Å². The van der Waals surface area contributed by atoms with Crippen LogP contribution in [0.1, 0.15) is 17.3 Å². The van der Waals surface area contributed by atoms with Gasteiger partial charge in [0.2, 0.25) is 0 Å². The van der Waals surface area contributed by atoms with Gasteiger partial charge in [-0.1, -0.05) is 0 Å². The number of carbonyl (C=O) groups is 1. The molecular weight excluding hydrogens is 278 g/mol. The number of halogens is 2. The topological polar surface area (TPSA) is 47.6 Å². The maximum atomic E-state index is 13.8. The summed E-state index contributed by atoms with van der Waals surface area (Å²) < 4.78 is 27.6. The number of amides is 1. The van der Waals surface area contributed by atoms with Gasteiger partial charge >= 0.3 is 0 Å². The molecule has 1 aliphatic heterocycles. The highest BCUT2D eigenvalue weighted by Gasteiger charge is 2.19. The number of piperazine rings is 1. The summed E-state index contributed by atoms with van der Waals surface area (Å²) in [5, 5.41) is 4.36. The third kappa shape index (κ3) is 3.89. The molecule has 0 bridgehead atoms. The highest BCUT2D eigenvalue weighted by atomic mass is 19.1. The highest BCUT2D eigenvalue weighted by molar-refractivity contribution is 5.94. The molecule has 0 aromatic heterocycles. The maximum Gasteiger partial charge on any atom is 0.265 e. The molecule has 1 heterocycles. The summed E-state index contributed by atoms with van der Waals surface area (Å²) in [7, 11) is 2.00. The molecule has 116 valence electrons. The van der Waals surface area contributed by atoms with Crippen molar-refractivity contribution >= 4 is 11.6 Å². The van der Waals surface area contributed by atoms with Gasteiger partial charge in [0, 0.05) is 38.3 Å². The largest absolute Gasteiger partial charge is 0.381 e. The minimum Gasteiger partial charge on any atom is -0.381 e. The fourth-order valence-electron chi connectivity index (χ4n) is 2.18. The van der Waals surface area contributed by atoms with Crippen molar-refractivity contribution in [2.45, 2.75) is 6.92 Å². The minimum atomic E-state index is -0.764. The third-order valence-corrected chi connectivity index (χ3v) is 3.42. The Morgan fingerprint density at radius 3 is 2.29 bits per heavy atom. The summed E-state index contributed by atoms with van der Waals surface area (Å²) in [6, 6.07) is 2.10. The van der Waals surface area contributed by atoms with Crippen molar-refractivity contribution in [3.63, 3.8) is 0 Å². The predicted molar refractivity (Wildman–Crippen MR) is 77.1 cm³/mol. The molecule has 1 aliphatic rings. The zero-order valence-corrected chi connectivity index (χ0v) is 12.2. The van der Waals surface area contributed by atoms with Crippen molar-refractivity contribution in [2.75, 3.05) is 45.1 Å². The molecular formula is C14H20F2N4O. The van der Waals surface area contributed by atoms with Crippen LogP contribution in [-0.4, -0.2) is 55.6 Å². The molecule has 0 spiro atoms. The number of anilines is 1. The van der Waals surface area contributed by atoms with Crippen molar-refractivity contribution in [2.24, 2.45) is 0 Å². The summed E-state index contributed by atoms with van der Waals surface area (Å²) in [5.41, 5.74) is 2.45. The Kier molecular flexibility index (Phi) is 5.08. The normalized spacial score (nSPS) is 16.8. The van der Waals surface area contributed by atoms with Crippen LogP contribution in [0, 0.1) is 11.6 Å². The van der Waals surface area contributed by atoms with Gasteiger partial charge in [-0.05, 0) is 26.1 Å². The number of hydrazine groups is 1. The molecule has 7 heteroatoms. The molecule has 5 nitrogen and oxygen atoms in total. The van der Waals surface area contributed by atoms with Crippen molar-refractivity contribution in [3.8, 4) is 0 Å². The lowest BCUT2D eigenvalue weighted by Gasteiger charge is -2.32. The van der Waals surface area contributed by atoms with Gasteiger partial charge in [-0.3, -0.25) is 10.2 Å². The van der Waals surface area contributed by atoms with Crippen LogP contribution in [0.5, 0.6) is 0 Å². The van der Waals surface area contributed by atoms with Crippen LogP contribution in [-0.2, 0) is 0 Å². The van der Waals surface area contributed by atoms with Gasteiger partial charge in [0.15, 0.2) is 0 Å². The number of carbonyl (C=O) groups excluding carboxylic acids is 1. The molecule has 1 fully saturated rings. The first-order chi connectivity index (χ1) is 10.0. The summed E-state index contributed by atoms with van der Waals surface area (Å²) in [4.78, 5) is 14.2. The molecule has 21 heavy (non-hydrogen) atoms. The van der Waals surface area contributed by atoms with Crippen molar-refractivity contribution < 1.29 is 13.6 Å². The zero-order chi connectivity index (χ0) is 15.4. The number of likely N-dealkylation sites (N-methyl/N-ethyl adjacent to an activating group) is 1. The standard InChI is InChI=1S/C14H20F2N4O/c1-3-17-13-11(15)8-10(9-12(13)16)14(21)18-20-6-4-19(2)5-7-20/h8-9,17H,3-7H2,1-2H3,(H,18,21). The van der Waals surface area contributed by atoms with Gasteiger partial charge in [-0.15, -0.1) is 0 Å². The van der Waals surface area contributed by atoms with Gasteiger partial charge in [0.05, 0.1) is 0 Å². The Hall–Kier alpha value is -1.73. The molecule has 0 atom stereocenters. The van der Waals surface area contributed by atoms with Crippen LogP contribution in [0.4, 0.5) is 14.5 Å². The Labute approximate surface area is 122 Å². The van der Waals surface area contributed by atoms with Crippen LogP contribution in [0.2, 0.25) is 0 Å². The summed E-state index contributed by atoms with van der Waals surface area (Å²) >= 11 is 0. The van der Waals surface area contributed by atoms with Crippen LogP contribution in [0.25, 0.3) is 0 Å². The molecule has 1 aromatic rings. The fourth-order valence-corrected chi connectivity index (χ4v) is 2.18. The maximum absolute atomic E-state index is 13.8. The second-order valence-electron chi connectivity index (χ2n) is 5.08. The van der Waals surface area contributed by atoms with E-state index >= 15 is 0 Å². The van der Waals surface area contributed by atoms with Crippen LogP contribution in [0.15, 0.2) is 12.1 Å². The van der Waals surface area contributed by atoms with Gasteiger partial charge < -0.3 is 10.2 Å². The number of hydrogen-bond acceptors (Lipinski definition) is 4. The SMILES string of the molecule is CCNc1c(F)cc(C(=O)NN2CCN(C)CC2)cc1F. The lowest BCUT2D eigenvalue weighted by Crippen LogP contribution is -2.52. The van der Waals surface area contributed by atoms with E-state index in [0.29, 0.717) is 19.6 Å². The van der Waals surface area contributed by atoms with E-state index in [9.17, 15) is 13.6 Å². The molecule has 0 radical (unpaired) electrons. The van der Waals surface area contributed by atoms with E-state index in [2.05, 4.69) is 15.6 Å². The summed E-state index contributed by atoms with van der Waals surface area (Å²) in [6.07, 6.45) is 0. The number of rotatable bonds is 4. The second-order valence-corrected chi connectivity index (χ2v) is 5.08. The number of benzene rings is 1. The van der Waals surface area contributed by atoms with Gasteiger partial charge in [0.25, 0.3) is 5.91 Å². The van der Waals surface area contributed by atoms with E-state index < -0.39 is 17.5 Å². The van der Waals surface area contributed by atoms with Gasteiger partial charge in [-0.2, -0.15) is 0 Å². The molecule has 2 rings (SSSR count). The Balaban J connectivity index is 2.05. The second kappa shape index (κ2) is 6.82. The molecule has 1 saturated heterocycles. The van der Waals surface area contributed by atoms with Gasteiger partial charge in [0.1, 0.15) is 17.3 Å². The van der Waals surface area contributed by atoms with Crippen LogP contribution >= 0.6 is 0 Å². The molecule has 0 unspecified atom stereocenters. The zero-order valence-electron chi connectivity index (χ0n) is 12.2. The first kappa shape index (κ1) is 15.7. The van der Waals surface area contributed by atoms with Crippen molar-refractivity contribution in [1.29, 1.82) is 0 Å². The molecule has 1 aromatic carbocycles. The fraction of sp³-hybridized carbons (Fsp3) is 0.500. The Bertz CT molecular complexity index is 493. The van der Waals surface area contributed by atoms with E-state index in [1.165, 1.54) is 0 Å². The van der Waals surface area contributed by atoms with E-state index in [1.54, 1.807) is 11.9 Å². The van der Waals surface area contributed by atoms with Gasteiger partial charge in [-0.25, -0.2) is 13.8 Å². The number of nitrogens with one attached hydrogen (secondary N) is 2. The van der Waals surface area contributed by atoms with E-state index in [-0.39, 0.29) is 11.3 Å². The average molecular weight is 298 g/mol. The quantitative estimate of drug-likeness (QED) is 0.879. The average Bonchev–Trinajstić information content (AvgIpc) is 2.45.